The first kappa shape index (κ1) is 16.3. The second-order valence-electron chi connectivity index (χ2n) is 8.16. The van der Waals surface area contributed by atoms with Gasteiger partial charge < -0.3 is 9.47 Å². The summed E-state index contributed by atoms with van der Waals surface area (Å²) in [7, 11) is 0. The Kier molecular flexibility index (Phi) is 4.86. The van der Waals surface area contributed by atoms with Gasteiger partial charge in [-0.15, -0.1) is 0 Å². The summed E-state index contributed by atoms with van der Waals surface area (Å²) in [6.07, 6.45) is 7.62. The van der Waals surface area contributed by atoms with Gasteiger partial charge in [-0.1, -0.05) is 60.3 Å². The summed E-state index contributed by atoms with van der Waals surface area (Å²) < 4.78 is 12.3. The first-order valence-electron chi connectivity index (χ1n) is 8.63. The molecule has 0 aromatic carbocycles. The topological polar surface area (TPSA) is 18.5 Å². The van der Waals surface area contributed by atoms with Crippen molar-refractivity contribution in [3.05, 3.63) is 0 Å². The Morgan fingerprint density at radius 1 is 1.00 bits per heavy atom. The van der Waals surface area contributed by atoms with E-state index in [1.807, 2.05) is 0 Å². The second kappa shape index (κ2) is 5.96. The van der Waals surface area contributed by atoms with Gasteiger partial charge in [0.15, 0.2) is 12.1 Å². The number of ether oxygens (including phenoxy) is 2. The maximum Gasteiger partial charge on any atom is 0.171 e. The molecule has 0 unspecified atom stereocenters. The lowest BCUT2D eigenvalue weighted by Crippen LogP contribution is -2.58. The number of hydrogen-bond acceptors (Lipinski definition) is 2. The van der Waals surface area contributed by atoms with E-state index in [2.05, 4.69) is 41.5 Å². The summed E-state index contributed by atoms with van der Waals surface area (Å²) in [6, 6.07) is 0. The monoisotopic (exact) mass is 282 g/mol. The van der Waals surface area contributed by atoms with Crippen LogP contribution in [0, 0.1) is 23.2 Å². The van der Waals surface area contributed by atoms with Crippen LogP contribution in [0.2, 0.25) is 0 Å². The lowest BCUT2D eigenvalue weighted by atomic mass is 9.68. The zero-order chi connectivity index (χ0) is 15.0. The van der Waals surface area contributed by atoms with Gasteiger partial charge in [0.1, 0.15) is 0 Å². The molecule has 20 heavy (non-hydrogen) atoms. The molecule has 1 saturated carbocycles. The van der Waals surface area contributed by atoms with Gasteiger partial charge in [0.05, 0.1) is 0 Å². The summed E-state index contributed by atoms with van der Waals surface area (Å²) in [6.45, 7) is 13.8. The summed E-state index contributed by atoms with van der Waals surface area (Å²) >= 11 is 0. The molecule has 3 atom stereocenters. The van der Waals surface area contributed by atoms with Crippen LogP contribution in [0.1, 0.15) is 80.1 Å². The van der Waals surface area contributed by atoms with Crippen LogP contribution in [-0.4, -0.2) is 12.1 Å². The molecule has 1 heterocycles. The van der Waals surface area contributed by atoms with E-state index in [1.165, 1.54) is 32.1 Å². The van der Waals surface area contributed by atoms with Gasteiger partial charge >= 0.3 is 0 Å². The molecule has 0 aromatic heterocycles. The maximum absolute atomic E-state index is 6.16. The van der Waals surface area contributed by atoms with E-state index in [0.717, 1.165) is 12.3 Å². The molecule has 118 valence electrons. The fourth-order valence-electron chi connectivity index (χ4n) is 4.12. The predicted octanol–water partition coefficient (Wildman–Crippen LogP) is 5.36. The van der Waals surface area contributed by atoms with Crippen LogP contribution in [0.3, 0.4) is 0 Å². The minimum Gasteiger partial charge on any atom is -0.321 e. The van der Waals surface area contributed by atoms with Crippen LogP contribution >= 0.6 is 0 Å². The molecule has 0 amide bonds. The van der Waals surface area contributed by atoms with Gasteiger partial charge in [0, 0.05) is 5.92 Å². The van der Waals surface area contributed by atoms with Crippen molar-refractivity contribution < 1.29 is 9.47 Å². The average Bonchev–Trinajstić information content (AvgIpc) is 2.37. The lowest BCUT2D eigenvalue weighted by Gasteiger charge is -2.53. The summed E-state index contributed by atoms with van der Waals surface area (Å²) in [5, 5.41) is 0. The van der Waals surface area contributed by atoms with E-state index >= 15 is 0 Å². The molecule has 0 aromatic rings. The molecule has 2 rings (SSSR count). The summed E-state index contributed by atoms with van der Waals surface area (Å²) in [5.41, 5.74) is 0.303. The Morgan fingerprint density at radius 2 is 1.65 bits per heavy atom. The van der Waals surface area contributed by atoms with Crippen molar-refractivity contribution in [2.75, 3.05) is 0 Å². The van der Waals surface area contributed by atoms with Crippen LogP contribution in [0.4, 0.5) is 0 Å². The van der Waals surface area contributed by atoms with Crippen LogP contribution in [-0.2, 0) is 9.47 Å². The van der Waals surface area contributed by atoms with Crippen LogP contribution in [0.15, 0.2) is 0 Å². The lowest BCUT2D eigenvalue weighted by molar-refractivity contribution is -0.467. The third kappa shape index (κ3) is 3.39. The largest absolute Gasteiger partial charge is 0.321 e. The van der Waals surface area contributed by atoms with E-state index < -0.39 is 0 Å². The fraction of sp³-hybridized carbons (Fsp3) is 1.00. The first-order chi connectivity index (χ1) is 9.27. The molecule has 2 aliphatic rings. The third-order valence-electron chi connectivity index (χ3n) is 5.82. The SMILES string of the molecule is CCC1(C)OC([C@@H]2[C@H](C)CCC[C@H](C)CCC2(C)C)O1. The molecule has 0 N–H and O–H groups in total. The average molecular weight is 282 g/mol. The van der Waals surface area contributed by atoms with Gasteiger partial charge in [-0.25, -0.2) is 0 Å². The fourth-order valence-corrected chi connectivity index (χ4v) is 4.12. The highest BCUT2D eigenvalue weighted by atomic mass is 16.9. The van der Waals surface area contributed by atoms with Crippen molar-refractivity contribution in [1.82, 2.24) is 0 Å². The third-order valence-corrected chi connectivity index (χ3v) is 5.82. The first-order valence-corrected chi connectivity index (χ1v) is 8.63. The number of hydrogen-bond donors (Lipinski definition) is 0. The Bertz CT molecular complexity index is 317. The summed E-state index contributed by atoms with van der Waals surface area (Å²) in [5.74, 6) is 1.74. The van der Waals surface area contributed by atoms with Crippen molar-refractivity contribution >= 4 is 0 Å². The van der Waals surface area contributed by atoms with E-state index in [-0.39, 0.29) is 12.1 Å². The zero-order valence-corrected chi connectivity index (χ0v) is 14.4. The Morgan fingerprint density at radius 3 is 2.25 bits per heavy atom. The molecular formula is C18H34O2. The quantitative estimate of drug-likeness (QED) is 0.678. The van der Waals surface area contributed by atoms with Crippen molar-refractivity contribution in [2.45, 2.75) is 92.1 Å². The van der Waals surface area contributed by atoms with Crippen LogP contribution in [0.5, 0.6) is 0 Å². The smallest absolute Gasteiger partial charge is 0.171 e. The Labute approximate surface area is 125 Å². The Balaban J connectivity index is 2.10. The molecule has 2 heteroatoms. The standard InChI is InChI=1S/C18H34O2/c1-7-18(6)19-16(20-18)15-14(3)10-8-9-13(2)11-12-17(15,4)5/h13-16H,7-12H2,1-6H3/t13-,14+,15-,16?,18?/m0/s1. The van der Waals surface area contributed by atoms with E-state index in [1.54, 1.807) is 0 Å². The van der Waals surface area contributed by atoms with Gasteiger partial charge in [-0.2, -0.15) is 0 Å². The molecular weight excluding hydrogens is 248 g/mol. The van der Waals surface area contributed by atoms with Gasteiger partial charge in [0.2, 0.25) is 0 Å². The molecule has 2 nitrogen and oxygen atoms in total. The van der Waals surface area contributed by atoms with E-state index in [4.69, 9.17) is 9.47 Å². The van der Waals surface area contributed by atoms with Crippen LogP contribution < -0.4 is 0 Å². The number of rotatable bonds is 2. The van der Waals surface area contributed by atoms with E-state index in [0.29, 0.717) is 17.3 Å². The minimum atomic E-state index is -0.327. The molecule has 0 bridgehead atoms. The van der Waals surface area contributed by atoms with Crippen molar-refractivity contribution in [2.24, 2.45) is 23.2 Å². The van der Waals surface area contributed by atoms with Gasteiger partial charge in [-0.05, 0) is 37.0 Å². The highest BCUT2D eigenvalue weighted by molar-refractivity contribution is 4.90. The normalized spacial score (nSPS) is 45.9. The highest BCUT2D eigenvalue weighted by Gasteiger charge is 2.51. The van der Waals surface area contributed by atoms with Crippen molar-refractivity contribution in [1.29, 1.82) is 0 Å². The van der Waals surface area contributed by atoms with Gasteiger partial charge in [0.25, 0.3) is 0 Å². The van der Waals surface area contributed by atoms with Crippen LogP contribution in [0.25, 0.3) is 0 Å². The molecule has 1 aliphatic heterocycles. The molecule has 1 saturated heterocycles. The minimum absolute atomic E-state index is 0.0124. The Hall–Kier alpha value is -0.0800. The molecule has 0 spiro atoms. The highest BCUT2D eigenvalue weighted by Crippen LogP contribution is 2.49. The second-order valence-corrected chi connectivity index (χ2v) is 8.16. The molecule has 2 fully saturated rings. The summed E-state index contributed by atoms with van der Waals surface area (Å²) in [4.78, 5) is 0. The van der Waals surface area contributed by atoms with Gasteiger partial charge in [-0.3, -0.25) is 0 Å². The molecule has 1 aliphatic carbocycles. The predicted molar refractivity (Wildman–Crippen MR) is 83.3 cm³/mol. The zero-order valence-electron chi connectivity index (χ0n) is 14.4. The van der Waals surface area contributed by atoms with E-state index in [9.17, 15) is 0 Å². The molecule has 0 radical (unpaired) electrons. The van der Waals surface area contributed by atoms with Crippen molar-refractivity contribution in [3.63, 3.8) is 0 Å². The van der Waals surface area contributed by atoms with Crippen molar-refractivity contribution in [3.8, 4) is 0 Å². The maximum atomic E-state index is 6.16.